The number of nitriles is 1. The molecule has 2 aliphatic heterocycles. The SMILES string of the molecule is COCCC(=O)N1CC[C@@]2(CO)CN(c3ccc(C#N)c(C(F)(F)F)c3)C[C@H]2C1. The molecular formula is C20H24F3N3O3. The van der Waals surface area contributed by atoms with Crippen LogP contribution < -0.4 is 4.90 Å². The number of aliphatic hydroxyl groups excluding tert-OH is 1. The summed E-state index contributed by atoms with van der Waals surface area (Å²) in [5, 5.41) is 19.1. The number of piperidine rings is 1. The van der Waals surface area contributed by atoms with Gasteiger partial charge in [-0.05, 0) is 24.6 Å². The number of anilines is 1. The molecule has 0 unspecified atom stereocenters. The maximum Gasteiger partial charge on any atom is 0.417 e. The van der Waals surface area contributed by atoms with E-state index in [1.165, 1.54) is 19.2 Å². The van der Waals surface area contributed by atoms with Crippen LogP contribution in [-0.4, -0.2) is 62.4 Å². The fraction of sp³-hybridized carbons (Fsp3) is 0.600. The van der Waals surface area contributed by atoms with Gasteiger partial charge >= 0.3 is 6.18 Å². The number of methoxy groups -OCH3 is 1. The highest BCUT2D eigenvalue weighted by molar-refractivity contribution is 5.76. The zero-order valence-corrected chi connectivity index (χ0v) is 16.2. The Bertz CT molecular complexity index is 808. The standard InChI is InChI=1S/C20H24F3N3O3/c1-29-7-4-18(28)25-6-5-19(13-27)12-26(11-15(19)10-25)16-3-2-14(9-24)17(8-16)20(21,22)23/h2-3,8,15,27H,4-7,10-13H2,1H3/t15-,19+/m1/s1. The summed E-state index contributed by atoms with van der Waals surface area (Å²) >= 11 is 0. The molecule has 0 saturated carbocycles. The molecule has 3 rings (SSSR count). The maximum atomic E-state index is 13.3. The van der Waals surface area contributed by atoms with Crippen LogP contribution in [0.5, 0.6) is 0 Å². The smallest absolute Gasteiger partial charge is 0.396 e. The second kappa shape index (κ2) is 8.20. The lowest BCUT2D eigenvalue weighted by Crippen LogP contribution is -2.50. The number of hydrogen-bond acceptors (Lipinski definition) is 5. The molecule has 2 fully saturated rings. The van der Waals surface area contributed by atoms with Crippen LogP contribution in [0.3, 0.4) is 0 Å². The van der Waals surface area contributed by atoms with Gasteiger partial charge in [0.05, 0.1) is 36.8 Å². The van der Waals surface area contributed by atoms with Crippen molar-refractivity contribution < 1.29 is 27.8 Å². The van der Waals surface area contributed by atoms with E-state index < -0.39 is 22.7 Å². The highest BCUT2D eigenvalue weighted by atomic mass is 19.4. The normalized spacial score (nSPS) is 24.3. The lowest BCUT2D eigenvalue weighted by molar-refractivity contribution is -0.138. The summed E-state index contributed by atoms with van der Waals surface area (Å²) in [6.45, 7) is 2.07. The molecule has 2 aliphatic rings. The molecule has 0 bridgehead atoms. The molecule has 1 N–H and O–H groups in total. The summed E-state index contributed by atoms with van der Waals surface area (Å²) in [5.74, 6) is -0.0627. The minimum Gasteiger partial charge on any atom is -0.396 e. The van der Waals surface area contributed by atoms with Crippen LogP contribution in [0.15, 0.2) is 18.2 Å². The molecule has 1 aromatic rings. The number of alkyl halides is 3. The molecule has 0 spiro atoms. The first-order valence-electron chi connectivity index (χ1n) is 9.48. The second-order valence-corrected chi connectivity index (χ2v) is 7.77. The third kappa shape index (κ3) is 4.19. The molecule has 2 heterocycles. The summed E-state index contributed by atoms with van der Waals surface area (Å²) in [4.78, 5) is 15.9. The topological polar surface area (TPSA) is 76.8 Å². The Morgan fingerprint density at radius 3 is 2.79 bits per heavy atom. The van der Waals surface area contributed by atoms with E-state index in [1.54, 1.807) is 11.0 Å². The molecule has 0 aliphatic carbocycles. The average molecular weight is 411 g/mol. The van der Waals surface area contributed by atoms with Crippen LogP contribution in [0.4, 0.5) is 18.9 Å². The summed E-state index contributed by atoms with van der Waals surface area (Å²) in [6, 6.07) is 5.29. The Hall–Kier alpha value is -2.31. The third-order valence-corrected chi connectivity index (χ3v) is 6.11. The van der Waals surface area contributed by atoms with Crippen LogP contribution in [0, 0.1) is 22.7 Å². The number of ether oxygens (including phenoxy) is 1. The van der Waals surface area contributed by atoms with Crippen molar-refractivity contribution in [1.29, 1.82) is 5.26 Å². The van der Waals surface area contributed by atoms with Gasteiger partial charge in [0.15, 0.2) is 0 Å². The zero-order valence-electron chi connectivity index (χ0n) is 16.2. The molecule has 158 valence electrons. The van der Waals surface area contributed by atoms with Gasteiger partial charge in [-0.3, -0.25) is 4.79 Å². The molecule has 1 amide bonds. The first-order valence-corrected chi connectivity index (χ1v) is 9.48. The Kier molecular flexibility index (Phi) is 6.05. The Balaban J connectivity index is 1.81. The monoisotopic (exact) mass is 411 g/mol. The predicted molar refractivity (Wildman–Crippen MR) is 99.1 cm³/mol. The van der Waals surface area contributed by atoms with Gasteiger partial charge in [-0.1, -0.05) is 0 Å². The van der Waals surface area contributed by atoms with Crippen molar-refractivity contribution >= 4 is 11.6 Å². The van der Waals surface area contributed by atoms with E-state index in [1.807, 2.05) is 4.90 Å². The van der Waals surface area contributed by atoms with E-state index in [9.17, 15) is 23.1 Å². The van der Waals surface area contributed by atoms with Gasteiger partial charge in [0, 0.05) is 50.3 Å². The maximum absolute atomic E-state index is 13.3. The van der Waals surface area contributed by atoms with Crippen molar-refractivity contribution in [3.8, 4) is 6.07 Å². The lowest BCUT2D eigenvalue weighted by atomic mass is 9.73. The molecule has 0 radical (unpaired) electrons. The van der Waals surface area contributed by atoms with E-state index >= 15 is 0 Å². The van der Waals surface area contributed by atoms with Gasteiger partial charge < -0.3 is 19.6 Å². The van der Waals surface area contributed by atoms with Crippen LogP contribution in [0.2, 0.25) is 0 Å². The highest BCUT2D eigenvalue weighted by Gasteiger charge is 2.50. The number of carbonyl (C=O) groups excluding carboxylic acids is 1. The van der Waals surface area contributed by atoms with E-state index in [2.05, 4.69) is 0 Å². The summed E-state index contributed by atoms with van der Waals surface area (Å²) in [5.41, 5.74) is -1.45. The highest BCUT2D eigenvalue weighted by Crippen LogP contribution is 2.45. The molecule has 1 aromatic carbocycles. The quantitative estimate of drug-likeness (QED) is 0.804. The van der Waals surface area contributed by atoms with E-state index in [4.69, 9.17) is 10.00 Å². The number of carbonyl (C=O) groups is 1. The number of hydrogen-bond donors (Lipinski definition) is 1. The fourth-order valence-electron chi connectivity index (χ4n) is 4.37. The summed E-state index contributed by atoms with van der Waals surface area (Å²) in [7, 11) is 1.53. The second-order valence-electron chi connectivity index (χ2n) is 7.77. The van der Waals surface area contributed by atoms with Crippen LogP contribution in [-0.2, 0) is 15.7 Å². The van der Waals surface area contributed by atoms with E-state index in [0.29, 0.717) is 44.9 Å². The number of rotatable bonds is 5. The number of nitrogens with zero attached hydrogens (tertiary/aromatic N) is 3. The van der Waals surface area contributed by atoms with Gasteiger partial charge in [0.25, 0.3) is 0 Å². The fourth-order valence-corrected chi connectivity index (χ4v) is 4.37. The molecular weight excluding hydrogens is 387 g/mol. The number of benzene rings is 1. The molecule has 6 nitrogen and oxygen atoms in total. The van der Waals surface area contributed by atoms with E-state index in [-0.39, 0.29) is 24.9 Å². The van der Waals surface area contributed by atoms with Gasteiger partial charge in [-0.2, -0.15) is 18.4 Å². The van der Waals surface area contributed by atoms with Crippen molar-refractivity contribution in [2.75, 3.05) is 51.4 Å². The van der Waals surface area contributed by atoms with Gasteiger partial charge in [-0.15, -0.1) is 0 Å². The molecule has 2 atom stereocenters. The van der Waals surface area contributed by atoms with Gasteiger partial charge in [0.1, 0.15) is 0 Å². The number of aliphatic hydroxyl groups is 1. The average Bonchev–Trinajstić information content (AvgIpc) is 3.10. The first-order chi connectivity index (χ1) is 13.7. The summed E-state index contributed by atoms with van der Waals surface area (Å²) < 4.78 is 44.9. The van der Waals surface area contributed by atoms with E-state index in [0.717, 1.165) is 6.07 Å². The Morgan fingerprint density at radius 2 is 2.17 bits per heavy atom. The van der Waals surface area contributed by atoms with Crippen molar-refractivity contribution in [3.05, 3.63) is 29.3 Å². The molecule has 9 heteroatoms. The zero-order chi connectivity index (χ0) is 21.2. The minimum absolute atomic E-state index is 0.0189. The summed E-state index contributed by atoms with van der Waals surface area (Å²) in [6.07, 6.45) is -3.75. The number of amides is 1. The Morgan fingerprint density at radius 1 is 1.41 bits per heavy atom. The van der Waals surface area contributed by atoms with Crippen molar-refractivity contribution in [1.82, 2.24) is 4.90 Å². The van der Waals surface area contributed by atoms with Crippen LogP contribution in [0.25, 0.3) is 0 Å². The third-order valence-electron chi connectivity index (χ3n) is 6.11. The predicted octanol–water partition coefficient (Wildman–Crippen LogP) is 2.26. The van der Waals surface area contributed by atoms with Crippen molar-refractivity contribution in [2.45, 2.75) is 19.0 Å². The molecule has 29 heavy (non-hydrogen) atoms. The van der Waals surface area contributed by atoms with Crippen LogP contribution >= 0.6 is 0 Å². The number of halogens is 3. The Labute approximate surface area is 167 Å². The van der Waals surface area contributed by atoms with Crippen molar-refractivity contribution in [3.63, 3.8) is 0 Å². The molecule has 2 saturated heterocycles. The largest absolute Gasteiger partial charge is 0.417 e. The minimum atomic E-state index is -4.62. The first kappa shape index (κ1) is 21.4. The number of likely N-dealkylation sites (tertiary alicyclic amines) is 1. The van der Waals surface area contributed by atoms with Crippen molar-refractivity contribution in [2.24, 2.45) is 11.3 Å². The van der Waals surface area contributed by atoms with Gasteiger partial charge in [-0.25, -0.2) is 0 Å². The lowest BCUT2D eigenvalue weighted by Gasteiger charge is -2.42. The van der Waals surface area contributed by atoms with Crippen LogP contribution in [0.1, 0.15) is 24.0 Å². The molecule has 0 aromatic heterocycles. The number of fused-ring (bicyclic) bond motifs is 1. The van der Waals surface area contributed by atoms with Gasteiger partial charge in [0.2, 0.25) is 5.91 Å².